The molecule has 0 unspecified atom stereocenters. The second kappa shape index (κ2) is 8.27. The summed E-state index contributed by atoms with van der Waals surface area (Å²) < 4.78 is 10.7. The first-order chi connectivity index (χ1) is 11.3. The van der Waals surface area contributed by atoms with Crippen LogP contribution >= 0.6 is 11.8 Å². The van der Waals surface area contributed by atoms with Gasteiger partial charge in [-0.3, -0.25) is 4.90 Å². The molecule has 1 aromatic rings. The smallest absolute Gasteiger partial charge is 0.122 e. The van der Waals surface area contributed by atoms with Gasteiger partial charge in [0.1, 0.15) is 11.5 Å². The summed E-state index contributed by atoms with van der Waals surface area (Å²) in [4.78, 5) is 2.53. The van der Waals surface area contributed by atoms with Crippen LogP contribution in [-0.4, -0.2) is 55.8 Å². The predicted molar refractivity (Wildman–Crippen MR) is 96.7 cm³/mol. The van der Waals surface area contributed by atoms with E-state index in [-0.39, 0.29) is 0 Å². The first-order valence-corrected chi connectivity index (χ1v) is 9.70. The summed E-state index contributed by atoms with van der Waals surface area (Å²) in [6.45, 7) is 3.27. The van der Waals surface area contributed by atoms with E-state index in [1.807, 2.05) is 6.07 Å². The second-order valence-electron chi connectivity index (χ2n) is 6.49. The minimum absolute atomic E-state index is 0.649. The molecule has 3 rings (SSSR count). The molecule has 0 saturated carbocycles. The molecule has 4 nitrogen and oxygen atoms in total. The summed E-state index contributed by atoms with van der Waals surface area (Å²) in [5, 5.41) is 3.87. The summed E-state index contributed by atoms with van der Waals surface area (Å²) in [5.41, 5.74) is 1.26. The van der Waals surface area contributed by atoms with Crippen molar-refractivity contribution in [1.29, 1.82) is 0 Å². The lowest BCUT2D eigenvalue weighted by molar-refractivity contribution is 0.310. The molecule has 0 amide bonds. The summed E-state index contributed by atoms with van der Waals surface area (Å²) >= 11 is 2.09. The molecule has 0 spiro atoms. The molecule has 5 heteroatoms. The number of hydrogen-bond donors (Lipinski definition) is 1. The molecule has 0 radical (unpaired) electrons. The zero-order valence-corrected chi connectivity index (χ0v) is 15.0. The lowest BCUT2D eigenvalue weighted by Crippen LogP contribution is -2.41. The van der Waals surface area contributed by atoms with Crippen molar-refractivity contribution < 1.29 is 9.47 Å². The van der Waals surface area contributed by atoms with E-state index in [2.05, 4.69) is 34.1 Å². The van der Waals surface area contributed by atoms with E-state index in [9.17, 15) is 0 Å². The van der Waals surface area contributed by atoms with Crippen molar-refractivity contribution >= 4 is 11.8 Å². The van der Waals surface area contributed by atoms with Gasteiger partial charge < -0.3 is 14.8 Å². The van der Waals surface area contributed by atoms with Crippen molar-refractivity contribution in [1.82, 2.24) is 10.2 Å². The Labute approximate surface area is 143 Å². The monoisotopic (exact) mass is 336 g/mol. The number of ether oxygens (including phenoxy) is 2. The van der Waals surface area contributed by atoms with E-state index in [1.165, 1.54) is 42.9 Å². The van der Waals surface area contributed by atoms with Gasteiger partial charge in [-0.15, -0.1) is 0 Å². The standard InChI is InChI=1S/C18H28N2O2S/c1-21-17-9-14(10-18(11-17)22-2)12-20-6-3-16(13-20)19-15-4-7-23-8-5-15/h9-11,15-16,19H,3-8,12-13H2,1-2H3/t16-/m0/s1. The number of methoxy groups -OCH3 is 2. The molecule has 0 aliphatic carbocycles. The molecule has 2 saturated heterocycles. The van der Waals surface area contributed by atoms with Crippen molar-refractivity contribution in [2.24, 2.45) is 0 Å². The number of benzene rings is 1. The molecule has 0 bridgehead atoms. The van der Waals surface area contributed by atoms with Crippen LogP contribution in [0, 0.1) is 0 Å². The lowest BCUT2D eigenvalue weighted by atomic mass is 10.1. The van der Waals surface area contributed by atoms with Crippen molar-refractivity contribution in [3.63, 3.8) is 0 Å². The summed E-state index contributed by atoms with van der Waals surface area (Å²) in [6, 6.07) is 7.54. The van der Waals surface area contributed by atoms with Gasteiger partial charge in [0.2, 0.25) is 0 Å². The van der Waals surface area contributed by atoms with Gasteiger partial charge in [-0.05, 0) is 48.5 Å². The number of likely N-dealkylation sites (tertiary alicyclic amines) is 1. The highest BCUT2D eigenvalue weighted by molar-refractivity contribution is 7.99. The summed E-state index contributed by atoms with van der Waals surface area (Å²) in [5.74, 6) is 4.37. The second-order valence-corrected chi connectivity index (χ2v) is 7.72. The molecule has 0 aromatic heterocycles. The maximum absolute atomic E-state index is 5.37. The number of hydrogen-bond acceptors (Lipinski definition) is 5. The van der Waals surface area contributed by atoms with Crippen LogP contribution < -0.4 is 14.8 Å². The van der Waals surface area contributed by atoms with Gasteiger partial charge in [0, 0.05) is 37.8 Å². The SMILES string of the molecule is COc1cc(CN2CC[C@H](NC3CCSCC3)C2)cc(OC)c1. The fourth-order valence-electron chi connectivity index (χ4n) is 3.53. The van der Waals surface area contributed by atoms with E-state index < -0.39 is 0 Å². The fourth-order valence-corrected chi connectivity index (χ4v) is 4.63. The maximum Gasteiger partial charge on any atom is 0.122 e. The molecule has 128 valence electrons. The van der Waals surface area contributed by atoms with E-state index in [1.54, 1.807) is 14.2 Å². The van der Waals surface area contributed by atoms with Crippen molar-refractivity contribution in [2.75, 3.05) is 38.8 Å². The Balaban J connectivity index is 1.53. The zero-order chi connectivity index (χ0) is 16.1. The quantitative estimate of drug-likeness (QED) is 0.864. The van der Waals surface area contributed by atoms with Crippen LogP contribution in [0.1, 0.15) is 24.8 Å². The van der Waals surface area contributed by atoms with Crippen LogP contribution in [0.3, 0.4) is 0 Å². The highest BCUT2D eigenvalue weighted by atomic mass is 32.2. The Morgan fingerprint density at radius 1 is 1.04 bits per heavy atom. The van der Waals surface area contributed by atoms with Gasteiger partial charge in [-0.1, -0.05) is 0 Å². The Morgan fingerprint density at radius 2 is 1.74 bits per heavy atom. The molecule has 2 heterocycles. The third-order valence-electron chi connectivity index (χ3n) is 4.78. The first-order valence-electron chi connectivity index (χ1n) is 8.55. The van der Waals surface area contributed by atoms with Gasteiger partial charge in [-0.25, -0.2) is 0 Å². The average molecular weight is 337 g/mol. The van der Waals surface area contributed by atoms with Crippen LogP contribution in [0.5, 0.6) is 11.5 Å². The number of thioether (sulfide) groups is 1. The van der Waals surface area contributed by atoms with Crippen LogP contribution in [0.2, 0.25) is 0 Å². The average Bonchev–Trinajstić information content (AvgIpc) is 3.02. The summed E-state index contributed by atoms with van der Waals surface area (Å²) in [6.07, 6.45) is 3.91. The lowest BCUT2D eigenvalue weighted by Gasteiger charge is -2.26. The van der Waals surface area contributed by atoms with Crippen LogP contribution in [-0.2, 0) is 6.54 Å². The third-order valence-corrected chi connectivity index (χ3v) is 5.83. The molecule has 1 atom stereocenters. The first kappa shape index (κ1) is 16.9. The van der Waals surface area contributed by atoms with Crippen LogP contribution in [0.4, 0.5) is 0 Å². The van der Waals surface area contributed by atoms with E-state index in [0.717, 1.165) is 30.6 Å². The zero-order valence-electron chi connectivity index (χ0n) is 14.2. The maximum atomic E-state index is 5.37. The Hall–Kier alpha value is -0.910. The summed E-state index contributed by atoms with van der Waals surface area (Å²) in [7, 11) is 3.41. The minimum Gasteiger partial charge on any atom is -0.497 e. The van der Waals surface area contributed by atoms with Crippen molar-refractivity contribution in [3.8, 4) is 11.5 Å². The van der Waals surface area contributed by atoms with Gasteiger partial charge in [0.15, 0.2) is 0 Å². The van der Waals surface area contributed by atoms with Gasteiger partial charge in [0.25, 0.3) is 0 Å². The predicted octanol–water partition coefficient (Wildman–Crippen LogP) is 2.76. The van der Waals surface area contributed by atoms with E-state index in [4.69, 9.17) is 9.47 Å². The van der Waals surface area contributed by atoms with E-state index in [0.29, 0.717) is 6.04 Å². The molecule has 2 fully saturated rings. The Morgan fingerprint density at radius 3 is 2.39 bits per heavy atom. The minimum atomic E-state index is 0.649. The van der Waals surface area contributed by atoms with Gasteiger partial charge in [-0.2, -0.15) is 11.8 Å². The fraction of sp³-hybridized carbons (Fsp3) is 0.667. The molecular formula is C18H28N2O2S. The highest BCUT2D eigenvalue weighted by Crippen LogP contribution is 2.25. The van der Waals surface area contributed by atoms with Crippen LogP contribution in [0.15, 0.2) is 18.2 Å². The Kier molecular flexibility index (Phi) is 6.08. The van der Waals surface area contributed by atoms with Gasteiger partial charge in [0.05, 0.1) is 14.2 Å². The highest BCUT2D eigenvalue weighted by Gasteiger charge is 2.25. The third kappa shape index (κ3) is 4.78. The largest absolute Gasteiger partial charge is 0.497 e. The molecule has 2 aliphatic rings. The number of nitrogens with zero attached hydrogens (tertiary/aromatic N) is 1. The number of nitrogens with one attached hydrogen (secondary N) is 1. The van der Waals surface area contributed by atoms with E-state index >= 15 is 0 Å². The van der Waals surface area contributed by atoms with Crippen molar-refractivity contribution in [2.45, 2.75) is 37.9 Å². The van der Waals surface area contributed by atoms with Crippen LogP contribution in [0.25, 0.3) is 0 Å². The molecule has 1 aromatic carbocycles. The topological polar surface area (TPSA) is 33.7 Å². The van der Waals surface area contributed by atoms with Crippen molar-refractivity contribution in [3.05, 3.63) is 23.8 Å². The van der Waals surface area contributed by atoms with Gasteiger partial charge >= 0.3 is 0 Å². The molecule has 2 aliphatic heterocycles. The number of rotatable bonds is 6. The molecular weight excluding hydrogens is 308 g/mol. The Bertz CT molecular complexity index is 484. The molecule has 1 N–H and O–H groups in total. The molecule has 23 heavy (non-hydrogen) atoms. The normalized spacial score (nSPS) is 23.1.